The average Bonchev–Trinajstić information content (AvgIpc) is 2.55. The van der Waals surface area contributed by atoms with Crippen molar-refractivity contribution >= 4 is 0 Å². The van der Waals surface area contributed by atoms with E-state index in [1.807, 2.05) is 0 Å². The number of hydrogen-bond donors (Lipinski definition) is 2. The van der Waals surface area contributed by atoms with Gasteiger partial charge in [-0.15, -0.1) is 0 Å². The summed E-state index contributed by atoms with van der Waals surface area (Å²) in [6, 6.07) is 0. The molecule has 2 saturated carbocycles. The Labute approximate surface area is 77.5 Å². The van der Waals surface area contributed by atoms with E-state index in [0.29, 0.717) is 6.42 Å². The molecule has 0 heterocycles. The Morgan fingerprint density at radius 1 is 1.31 bits per heavy atom. The number of aliphatic hydroxyl groups excluding tert-OH is 1. The molecule has 2 aliphatic rings. The molecule has 0 aromatic heterocycles. The highest BCUT2D eigenvalue weighted by molar-refractivity contribution is 5.13. The monoisotopic (exact) mass is 188 g/mol. The van der Waals surface area contributed by atoms with Crippen molar-refractivity contribution in [1.29, 1.82) is 0 Å². The van der Waals surface area contributed by atoms with Crippen LogP contribution in [0.25, 0.3) is 0 Å². The van der Waals surface area contributed by atoms with E-state index >= 15 is 0 Å². The highest BCUT2D eigenvalue weighted by Gasteiger charge is 2.62. The van der Waals surface area contributed by atoms with Crippen LogP contribution in [0.2, 0.25) is 0 Å². The van der Waals surface area contributed by atoms with Crippen LogP contribution in [0.4, 0.5) is 0 Å². The second-order valence-electron chi connectivity index (χ2n) is 4.06. The van der Waals surface area contributed by atoms with E-state index in [-0.39, 0.29) is 18.1 Å². The van der Waals surface area contributed by atoms with Gasteiger partial charge in [-0.1, -0.05) is 0 Å². The Kier molecular flexibility index (Phi) is 2.11. The number of fused-ring (bicyclic) bond motifs is 2. The quantitative estimate of drug-likeness (QED) is 0.615. The zero-order valence-electron chi connectivity index (χ0n) is 7.93. The lowest BCUT2D eigenvalue weighted by molar-refractivity contribution is -0.172. The Bertz CT molecular complexity index is 206. The highest BCUT2D eigenvalue weighted by Crippen LogP contribution is 2.50. The fourth-order valence-corrected chi connectivity index (χ4v) is 2.84. The predicted octanol–water partition coefficient (Wildman–Crippen LogP) is -0.468. The molecule has 2 fully saturated rings. The minimum Gasteiger partial charge on any atom is -0.387 e. The maximum atomic E-state index is 10.1. The summed E-state index contributed by atoms with van der Waals surface area (Å²) < 4.78 is 10.3. The van der Waals surface area contributed by atoms with Crippen LogP contribution in [0.5, 0.6) is 0 Å². The molecule has 2 rings (SSSR count). The fraction of sp³-hybridized carbons (Fsp3) is 1.00. The summed E-state index contributed by atoms with van der Waals surface area (Å²) in [6.45, 7) is 0. The van der Waals surface area contributed by atoms with Crippen LogP contribution in [0.3, 0.4) is 0 Å². The molecule has 2 N–H and O–H groups in total. The van der Waals surface area contributed by atoms with Gasteiger partial charge >= 0.3 is 0 Å². The summed E-state index contributed by atoms with van der Waals surface area (Å²) in [5.74, 6) is 0.231. The molecule has 76 valence electrons. The van der Waals surface area contributed by atoms with Crippen LogP contribution in [-0.4, -0.2) is 48.3 Å². The summed E-state index contributed by atoms with van der Waals surface area (Å²) >= 11 is 0. The smallest absolute Gasteiger partial charge is 0.119 e. The Morgan fingerprint density at radius 2 is 2.00 bits per heavy atom. The van der Waals surface area contributed by atoms with Crippen LogP contribution in [0, 0.1) is 5.92 Å². The van der Waals surface area contributed by atoms with E-state index in [9.17, 15) is 10.2 Å². The lowest BCUT2D eigenvalue weighted by atomic mass is 9.89. The van der Waals surface area contributed by atoms with Gasteiger partial charge in [0.1, 0.15) is 11.7 Å². The third-order valence-electron chi connectivity index (χ3n) is 3.51. The van der Waals surface area contributed by atoms with Gasteiger partial charge in [-0.05, 0) is 18.8 Å². The zero-order valence-corrected chi connectivity index (χ0v) is 7.93. The standard InChI is InChI=1S/C9H16O4/c1-12-6-3-5-4-9(6,11)8(10)7(5)13-2/h5-8,10-11H,3-4H2,1-2H3. The number of methoxy groups -OCH3 is 2. The molecular weight excluding hydrogens is 172 g/mol. The van der Waals surface area contributed by atoms with E-state index in [0.717, 1.165) is 6.42 Å². The zero-order chi connectivity index (χ0) is 9.64. The van der Waals surface area contributed by atoms with Crippen LogP contribution in [0.15, 0.2) is 0 Å². The normalized spacial score (nSPS) is 54.5. The molecule has 5 unspecified atom stereocenters. The van der Waals surface area contributed by atoms with Crippen molar-refractivity contribution in [3.8, 4) is 0 Å². The highest BCUT2D eigenvalue weighted by atomic mass is 16.5. The van der Waals surface area contributed by atoms with Gasteiger partial charge in [0.05, 0.1) is 12.2 Å². The minimum absolute atomic E-state index is 0.226. The van der Waals surface area contributed by atoms with Crippen molar-refractivity contribution in [1.82, 2.24) is 0 Å². The van der Waals surface area contributed by atoms with E-state index in [4.69, 9.17) is 9.47 Å². The lowest BCUT2D eigenvalue weighted by Crippen LogP contribution is -2.54. The maximum Gasteiger partial charge on any atom is 0.119 e. The fourth-order valence-electron chi connectivity index (χ4n) is 2.84. The molecule has 0 aromatic rings. The van der Waals surface area contributed by atoms with Crippen molar-refractivity contribution in [2.24, 2.45) is 5.92 Å². The molecule has 13 heavy (non-hydrogen) atoms. The number of hydrogen-bond acceptors (Lipinski definition) is 4. The molecule has 4 nitrogen and oxygen atoms in total. The summed E-state index contributed by atoms with van der Waals surface area (Å²) in [5.41, 5.74) is -1.08. The second kappa shape index (κ2) is 2.92. The number of rotatable bonds is 2. The van der Waals surface area contributed by atoms with Crippen molar-refractivity contribution in [2.75, 3.05) is 14.2 Å². The van der Waals surface area contributed by atoms with Gasteiger partial charge in [0.25, 0.3) is 0 Å². The lowest BCUT2D eigenvalue weighted by Gasteiger charge is -2.36. The van der Waals surface area contributed by atoms with Crippen molar-refractivity contribution < 1.29 is 19.7 Å². The van der Waals surface area contributed by atoms with Crippen molar-refractivity contribution in [2.45, 2.75) is 36.8 Å². The van der Waals surface area contributed by atoms with Gasteiger partial charge in [0.2, 0.25) is 0 Å². The van der Waals surface area contributed by atoms with Gasteiger partial charge in [0.15, 0.2) is 0 Å². The van der Waals surface area contributed by atoms with E-state index in [2.05, 4.69) is 0 Å². The topological polar surface area (TPSA) is 58.9 Å². The third-order valence-corrected chi connectivity index (χ3v) is 3.51. The summed E-state index contributed by atoms with van der Waals surface area (Å²) in [6.07, 6.45) is 0.102. The largest absolute Gasteiger partial charge is 0.387 e. The first-order valence-corrected chi connectivity index (χ1v) is 4.59. The molecule has 2 aliphatic carbocycles. The SMILES string of the molecule is COC1C2CC(OC)C(O)(C2)C1O. The second-order valence-corrected chi connectivity index (χ2v) is 4.06. The molecule has 0 spiro atoms. The average molecular weight is 188 g/mol. The number of ether oxygens (including phenoxy) is 2. The molecular formula is C9H16O4. The van der Waals surface area contributed by atoms with Crippen molar-refractivity contribution in [3.63, 3.8) is 0 Å². The van der Waals surface area contributed by atoms with E-state index in [1.165, 1.54) is 0 Å². The molecule has 0 aliphatic heterocycles. The van der Waals surface area contributed by atoms with Crippen LogP contribution >= 0.6 is 0 Å². The van der Waals surface area contributed by atoms with Gasteiger partial charge in [-0.25, -0.2) is 0 Å². The number of aliphatic hydroxyl groups is 2. The first-order valence-electron chi connectivity index (χ1n) is 4.59. The van der Waals surface area contributed by atoms with Crippen LogP contribution in [-0.2, 0) is 9.47 Å². The molecule has 0 aromatic carbocycles. The first kappa shape index (κ1) is 9.40. The van der Waals surface area contributed by atoms with Crippen LogP contribution < -0.4 is 0 Å². The maximum absolute atomic E-state index is 10.1. The molecule has 0 saturated heterocycles. The molecule has 0 radical (unpaired) electrons. The van der Waals surface area contributed by atoms with Gasteiger partial charge in [0, 0.05) is 14.2 Å². The summed E-state index contributed by atoms with van der Waals surface area (Å²) in [4.78, 5) is 0. The molecule has 2 bridgehead atoms. The summed E-state index contributed by atoms with van der Waals surface area (Å²) in [5, 5.41) is 19.9. The van der Waals surface area contributed by atoms with Gasteiger partial charge < -0.3 is 19.7 Å². The van der Waals surface area contributed by atoms with E-state index < -0.39 is 11.7 Å². The summed E-state index contributed by atoms with van der Waals surface area (Å²) in [7, 11) is 3.14. The van der Waals surface area contributed by atoms with Gasteiger partial charge in [-0.3, -0.25) is 0 Å². The Balaban J connectivity index is 2.20. The third kappa shape index (κ3) is 1.06. The predicted molar refractivity (Wildman–Crippen MR) is 45.3 cm³/mol. The van der Waals surface area contributed by atoms with Gasteiger partial charge in [-0.2, -0.15) is 0 Å². The molecule has 4 heteroatoms. The Morgan fingerprint density at radius 3 is 2.46 bits per heavy atom. The molecule has 0 amide bonds. The van der Waals surface area contributed by atoms with E-state index in [1.54, 1.807) is 14.2 Å². The Hall–Kier alpha value is -0.160. The van der Waals surface area contributed by atoms with Crippen LogP contribution in [0.1, 0.15) is 12.8 Å². The first-order chi connectivity index (χ1) is 6.13. The minimum atomic E-state index is -1.08. The molecule has 5 atom stereocenters. The van der Waals surface area contributed by atoms with Crippen molar-refractivity contribution in [3.05, 3.63) is 0 Å².